The topological polar surface area (TPSA) is 126 Å². The number of pyridine rings is 1. The fourth-order valence-electron chi connectivity index (χ4n) is 4.48. The lowest BCUT2D eigenvalue weighted by Crippen LogP contribution is -2.70. The molecule has 3 atom stereocenters. The number of likely N-dealkylation sites (N-methyl/N-ethyl adjacent to an activating group) is 1. The van der Waals surface area contributed by atoms with Crippen LogP contribution in [0.4, 0.5) is 21.0 Å². The van der Waals surface area contributed by atoms with Crippen molar-refractivity contribution in [3.63, 3.8) is 0 Å². The number of halogens is 2. The number of imidazole rings is 1. The molecule has 3 N–H and O–H groups in total. The molecule has 10 nitrogen and oxygen atoms in total. The number of benzene rings is 1. The first-order chi connectivity index (χ1) is 17.6. The van der Waals surface area contributed by atoms with Crippen molar-refractivity contribution in [2.75, 3.05) is 17.7 Å². The smallest absolute Gasteiger partial charge is 0.325 e. The van der Waals surface area contributed by atoms with Gasteiger partial charge < -0.3 is 15.6 Å². The molecule has 4 amide bonds. The van der Waals surface area contributed by atoms with Gasteiger partial charge in [-0.2, -0.15) is 0 Å². The number of amides is 4. The standard InChI is InChI=1S/C25H27ClFN7O3/c1-4-19(15-5-6-18(27)17(26)13-15)31-25(37)34-21(23(36)33(3)24-30-9-10-32(24)2)16(22(34)35)11-14-7-8-29-20(28)12-14/h5-10,12-13,16,19,21H,4,11H2,1-3H3,(H2,28,29)(H,31,37)/t16-,19-,21+/m1/s1. The molecular formula is C25H27ClFN7O3. The number of likely N-dealkylation sites (tertiary alicyclic amines) is 1. The lowest BCUT2D eigenvalue weighted by atomic mass is 9.81. The van der Waals surface area contributed by atoms with Gasteiger partial charge in [-0.1, -0.05) is 24.6 Å². The number of carbonyl (C=O) groups excluding carboxylic acids is 3. The first-order valence-corrected chi connectivity index (χ1v) is 12.0. The third-order valence-electron chi connectivity index (χ3n) is 6.47. The van der Waals surface area contributed by atoms with Gasteiger partial charge in [-0.15, -0.1) is 0 Å². The van der Waals surface area contributed by atoms with Gasteiger partial charge in [0.2, 0.25) is 11.9 Å². The number of nitrogens with two attached hydrogens (primary N) is 1. The van der Waals surface area contributed by atoms with Crippen LogP contribution < -0.4 is 16.0 Å². The summed E-state index contributed by atoms with van der Waals surface area (Å²) in [5.41, 5.74) is 7.08. The van der Waals surface area contributed by atoms with Gasteiger partial charge in [0.25, 0.3) is 5.91 Å². The van der Waals surface area contributed by atoms with Crippen molar-refractivity contribution in [2.24, 2.45) is 13.0 Å². The molecule has 4 rings (SSSR count). The molecule has 3 aromatic rings. The Labute approximate surface area is 218 Å². The van der Waals surface area contributed by atoms with E-state index >= 15 is 0 Å². The number of hydrogen-bond acceptors (Lipinski definition) is 6. The second-order valence-corrected chi connectivity index (χ2v) is 9.28. The highest BCUT2D eigenvalue weighted by atomic mass is 35.5. The molecule has 0 bridgehead atoms. The summed E-state index contributed by atoms with van der Waals surface area (Å²) in [4.78, 5) is 50.6. The molecular weight excluding hydrogens is 501 g/mol. The predicted octanol–water partition coefficient (Wildman–Crippen LogP) is 3.08. The molecule has 1 aromatic carbocycles. The Balaban J connectivity index is 1.61. The first-order valence-electron chi connectivity index (χ1n) is 11.7. The average molecular weight is 528 g/mol. The molecule has 194 valence electrons. The zero-order valence-corrected chi connectivity index (χ0v) is 21.3. The van der Waals surface area contributed by atoms with Crippen LogP contribution in [-0.2, 0) is 23.1 Å². The Bertz CT molecular complexity index is 1350. The summed E-state index contributed by atoms with van der Waals surface area (Å²) >= 11 is 5.92. The van der Waals surface area contributed by atoms with E-state index in [4.69, 9.17) is 17.3 Å². The highest BCUT2D eigenvalue weighted by Gasteiger charge is 2.55. The largest absolute Gasteiger partial charge is 0.384 e. The van der Waals surface area contributed by atoms with Gasteiger partial charge in [-0.3, -0.25) is 19.4 Å². The number of β-lactam (4-membered cyclic amide) rings is 1. The number of aromatic nitrogens is 3. The monoisotopic (exact) mass is 527 g/mol. The van der Waals surface area contributed by atoms with Crippen LogP contribution in [0.25, 0.3) is 0 Å². The number of rotatable bonds is 7. The summed E-state index contributed by atoms with van der Waals surface area (Å²) in [5, 5.41) is 2.71. The van der Waals surface area contributed by atoms with E-state index in [1.807, 2.05) is 6.92 Å². The minimum atomic E-state index is -1.07. The molecule has 1 aliphatic heterocycles. The second kappa shape index (κ2) is 10.6. The van der Waals surface area contributed by atoms with E-state index in [9.17, 15) is 18.8 Å². The summed E-state index contributed by atoms with van der Waals surface area (Å²) in [7, 11) is 3.28. The molecule has 0 aliphatic carbocycles. The van der Waals surface area contributed by atoms with Crippen LogP contribution in [0.5, 0.6) is 0 Å². The molecule has 0 radical (unpaired) electrons. The van der Waals surface area contributed by atoms with Gasteiger partial charge in [-0.05, 0) is 48.2 Å². The molecule has 1 saturated heterocycles. The Hall–Kier alpha value is -3.99. The number of carbonyl (C=O) groups is 3. The zero-order chi connectivity index (χ0) is 26.9. The van der Waals surface area contributed by atoms with Gasteiger partial charge in [-0.25, -0.2) is 19.2 Å². The number of hydrogen-bond donors (Lipinski definition) is 2. The van der Waals surface area contributed by atoms with Crippen LogP contribution in [0.2, 0.25) is 5.02 Å². The van der Waals surface area contributed by atoms with Crippen LogP contribution in [0, 0.1) is 11.7 Å². The van der Waals surface area contributed by atoms with Crippen molar-refractivity contribution in [1.82, 2.24) is 24.8 Å². The number of anilines is 2. The predicted molar refractivity (Wildman–Crippen MR) is 136 cm³/mol. The molecule has 2 aromatic heterocycles. The highest BCUT2D eigenvalue weighted by molar-refractivity contribution is 6.30. The van der Waals surface area contributed by atoms with Crippen molar-refractivity contribution in [3.05, 3.63) is 70.9 Å². The number of imide groups is 1. The summed E-state index contributed by atoms with van der Waals surface area (Å²) in [5.74, 6) is -1.67. The SMILES string of the molecule is CC[C@@H](NC(=O)N1C(=O)[C@H](Cc2ccnc(N)c2)[C@H]1C(=O)N(C)c1nccn1C)c1ccc(F)c(Cl)c1. The van der Waals surface area contributed by atoms with Crippen LogP contribution in [0.1, 0.15) is 30.5 Å². The van der Waals surface area contributed by atoms with Crippen molar-refractivity contribution in [1.29, 1.82) is 0 Å². The fourth-order valence-corrected chi connectivity index (χ4v) is 4.67. The van der Waals surface area contributed by atoms with Gasteiger partial charge in [0, 0.05) is 32.7 Å². The number of nitrogens with one attached hydrogen (secondary N) is 1. The maximum absolute atomic E-state index is 13.6. The molecule has 1 fully saturated rings. The Morgan fingerprint density at radius 3 is 2.62 bits per heavy atom. The summed E-state index contributed by atoms with van der Waals surface area (Å²) in [6.45, 7) is 1.83. The van der Waals surface area contributed by atoms with E-state index in [-0.39, 0.29) is 17.3 Å². The Morgan fingerprint density at radius 1 is 1.24 bits per heavy atom. The molecule has 12 heteroatoms. The van der Waals surface area contributed by atoms with Crippen LogP contribution in [0.3, 0.4) is 0 Å². The molecule has 0 unspecified atom stereocenters. The molecule has 37 heavy (non-hydrogen) atoms. The van der Waals surface area contributed by atoms with E-state index in [1.165, 1.54) is 29.3 Å². The summed E-state index contributed by atoms with van der Waals surface area (Å²) in [6.07, 6.45) is 5.40. The van der Waals surface area contributed by atoms with Crippen molar-refractivity contribution in [2.45, 2.75) is 31.8 Å². The van der Waals surface area contributed by atoms with E-state index in [0.29, 0.717) is 17.9 Å². The quantitative estimate of drug-likeness (QED) is 0.455. The van der Waals surface area contributed by atoms with E-state index in [2.05, 4.69) is 15.3 Å². The van der Waals surface area contributed by atoms with Crippen molar-refractivity contribution in [3.8, 4) is 0 Å². The number of aryl methyl sites for hydroxylation is 1. The Kier molecular flexibility index (Phi) is 7.44. The van der Waals surface area contributed by atoms with Crippen molar-refractivity contribution >= 4 is 41.2 Å². The third kappa shape index (κ3) is 5.12. The zero-order valence-electron chi connectivity index (χ0n) is 20.6. The summed E-state index contributed by atoms with van der Waals surface area (Å²) in [6, 6.07) is 5.14. The fraction of sp³-hybridized carbons (Fsp3) is 0.320. The number of urea groups is 1. The van der Waals surface area contributed by atoms with E-state index in [1.54, 1.807) is 43.2 Å². The average Bonchev–Trinajstić information content (AvgIpc) is 3.30. The minimum Gasteiger partial charge on any atom is -0.384 e. The number of nitrogen functional groups attached to an aromatic ring is 1. The minimum absolute atomic E-state index is 0.0772. The van der Waals surface area contributed by atoms with Crippen LogP contribution in [-0.4, -0.2) is 50.4 Å². The molecule has 3 heterocycles. The van der Waals surface area contributed by atoms with Crippen LogP contribution in [0.15, 0.2) is 48.9 Å². The van der Waals surface area contributed by atoms with Crippen LogP contribution >= 0.6 is 11.6 Å². The third-order valence-corrected chi connectivity index (χ3v) is 6.75. The normalized spacial score (nSPS) is 17.8. The van der Waals surface area contributed by atoms with Gasteiger partial charge in [0.1, 0.15) is 17.7 Å². The molecule has 0 saturated carbocycles. The highest BCUT2D eigenvalue weighted by Crippen LogP contribution is 2.33. The van der Waals surface area contributed by atoms with E-state index in [0.717, 1.165) is 10.5 Å². The molecule has 1 aliphatic rings. The molecule has 0 spiro atoms. The van der Waals surface area contributed by atoms with E-state index < -0.39 is 41.7 Å². The van der Waals surface area contributed by atoms with Gasteiger partial charge in [0.05, 0.1) is 17.0 Å². The number of nitrogens with zero attached hydrogens (tertiary/aromatic N) is 5. The maximum Gasteiger partial charge on any atom is 0.325 e. The maximum atomic E-state index is 13.6. The van der Waals surface area contributed by atoms with Gasteiger partial charge >= 0.3 is 6.03 Å². The first kappa shape index (κ1) is 26.1. The Morgan fingerprint density at radius 2 is 2.00 bits per heavy atom. The summed E-state index contributed by atoms with van der Waals surface area (Å²) < 4.78 is 15.3. The lowest BCUT2D eigenvalue weighted by Gasteiger charge is -2.45. The van der Waals surface area contributed by atoms with Gasteiger partial charge in [0.15, 0.2) is 0 Å². The van der Waals surface area contributed by atoms with Crippen molar-refractivity contribution < 1.29 is 18.8 Å². The second-order valence-electron chi connectivity index (χ2n) is 8.87. The lowest BCUT2D eigenvalue weighted by molar-refractivity contribution is -0.156.